The first kappa shape index (κ1) is 18.4. The fraction of sp³-hybridized carbons (Fsp3) is 0.350. The Bertz CT molecular complexity index is 780. The van der Waals surface area contributed by atoms with E-state index in [0.717, 1.165) is 29.9 Å². The van der Waals surface area contributed by atoms with Crippen molar-refractivity contribution < 1.29 is 19.0 Å². The second-order valence-corrected chi connectivity index (χ2v) is 6.54. The number of carbonyl (C=O) groups is 1. The third-order valence-electron chi connectivity index (χ3n) is 4.53. The number of likely N-dealkylation sites (tertiary alicyclic amines) is 1. The van der Waals surface area contributed by atoms with Gasteiger partial charge in [0.15, 0.2) is 6.61 Å². The van der Waals surface area contributed by atoms with Crippen molar-refractivity contribution in [3.8, 4) is 17.2 Å². The van der Waals surface area contributed by atoms with Crippen molar-refractivity contribution in [2.24, 2.45) is 0 Å². The van der Waals surface area contributed by atoms with Gasteiger partial charge in [-0.2, -0.15) is 0 Å². The van der Waals surface area contributed by atoms with Crippen molar-refractivity contribution in [3.05, 3.63) is 53.1 Å². The molecule has 0 unspecified atom stereocenters. The molecule has 2 aromatic carbocycles. The van der Waals surface area contributed by atoms with Crippen LogP contribution in [-0.4, -0.2) is 38.2 Å². The number of rotatable bonds is 6. The summed E-state index contributed by atoms with van der Waals surface area (Å²) in [6.45, 7) is 0.673. The Kier molecular flexibility index (Phi) is 5.89. The summed E-state index contributed by atoms with van der Waals surface area (Å²) in [7, 11) is 3.26. The van der Waals surface area contributed by atoms with Crippen LogP contribution in [0.15, 0.2) is 42.5 Å². The lowest BCUT2D eigenvalue weighted by atomic mass is 10.0. The minimum Gasteiger partial charge on any atom is -0.497 e. The van der Waals surface area contributed by atoms with Gasteiger partial charge >= 0.3 is 0 Å². The maximum Gasteiger partial charge on any atom is 0.261 e. The van der Waals surface area contributed by atoms with Gasteiger partial charge in [-0.1, -0.05) is 17.7 Å². The largest absolute Gasteiger partial charge is 0.497 e. The van der Waals surface area contributed by atoms with Crippen molar-refractivity contribution >= 4 is 17.5 Å². The third kappa shape index (κ3) is 4.05. The van der Waals surface area contributed by atoms with Crippen LogP contribution in [0.5, 0.6) is 17.2 Å². The van der Waals surface area contributed by atoms with E-state index in [1.807, 2.05) is 23.1 Å². The average Bonchev–Trinajstić information content (AvgIpc) is 3.15. The number of benzene rings is 2. The van der Waals surface area contributed by atoms with Crippen molar-refractivity contribution in [1.82, 2.24) is 4.90 Å². The number of ether oxygens (including phenoxy) is 3. The molecule has 1 aliphatic heterocycles. The molecule has 0 aromatic heterocycles. The SMILES string of the molecule is COc1ccc(OC)c([C@@H]2CCCN2C(=O)COc2cccc(Cl)c2)c1. The van der Waals surface area contributed by atoms with Crippen LogP contribution in [0.1, 0.15) is 24.4 Å². The molecular formula is C20H22ClNO4. The average molecular weight is 376 g/mol. The number of halogens is 1. The topological polar surface area (TPSA) is 48.0 Å². The molecule has 0 spiro atoms. The minimum absolute atomic E-state index is 0.0247. The van der Waals surface area contributed by atoms with Crippen molar-refractivity contribution in [3.63, 3.8) is 0 Å². The summed E-state index contributed by atoms with van der Waals surface area (Å²) in [6.07, 6.45) is 1.82. The Morgan fingerprint density at radius 3 is 2.73 bits per heavy atom. The van der Waals surface area contributed by atoms with Gasteiger partial charge in [0, 0.05) is 17.1 Å². The third-order valence-corrected chi connectivity index (χ3v) is 4.76. The van der Waals surface area contributed by atoms with Gasteiger partial charge in [0.05, 0.1) is 20.3 Å². The molecule has 1 heterocycles. The van der Waals surface area contributed by atoms with Crippen molar-refractivity contribution in [1.29, 1.82) is 0 Å². The van der Waals surface area contributed by atoms with Gasteiger partial charge in [0.25, 0.3) is 5.91 Å². The van der Waals surface area contributed by atoms with E-state index < -0.39 is 0 Å². The highest BCUT2D eigenvalue weighted by Crippen LogP contribution is 2.39. The molecule has 26 heavy (non-hydrogen) atoms. The Hall–Kier alpha value is -2.40. The monoisotopic (exact) mass is 375 g/mol. The van der Waals surface area contributed by atoms with Crippen LogP contribution >= 0.6 is 11.6 Å². The van der Waals surface area contributed by atoms with E-state index in [4.69, 9.17) is 25.8 Å². The van der Waals surface area contributed by atoms with E-state index >= 15 is 0 Å². The summed E-state index contributed by atoms with van der Waals surface area (Å²) in [5, 5.41) is 0.579. The zero-order chi connectivity index (χ0) is 18.5. The zero-order valence-corrected chi connectivity index (χ0v) is 15.7. The number of nitrogens with zero attached hydrogens (tertiary/aromatic N) is 1. The Morgan fingerprint density at radius 2 is 2.00 bits per heavy atom. The number of hydrogen-bond donors (Lipinski definition) is 0. The minimum atomic E-state index is -0.0580. The Balaban J connectivity index is 1.74. The number of methoxy groups -OCH3 is 2. The molecule has 1 amide bonds. The lowest BCUT2D eigenvalue weighted by molar-refractivity contribution is -0.134. The van der Waals surface area contributed by atoms with Gasteiger partial charge in [-0.05, 0) is 49.2 Å². The molecule has 138 valence electrons. The summed E-state index contributed by atoms with van der Waals surface area (Å²) >= 11 is 5.95. The van der Waals surface area contributed by atoms with Crippen LogP contribution in [0, 0.1) is 0 Å². The van der Waals surface area contributed by atoms with Crippen LogP contribution in [0.3, 0.4) is 0 Å². The molecule has 3 rings (SSSR count). The summed E-state index contributed by atoms with van der Waals surface area (Å²) in [5.74, 6) is 2.03. The molecule has 1 saturated heterocycles. The number of amides is 1. The zero-order valence-electron chi connectivity index (χ0n) is 14.9. The van der Waals surface area contributed by atoms with Gasteiger partial charge in [0.2, 0.25) is 0 Å². The van der Waals surface area contributed by atoms with Gasteiger partial charge in [-0.3, -0.25) is 4.79 Å². The van der Waals surface area contributed by atoms with Crippen molar-refractivity contribution in [2.75, 3.05) is 27.4 Å². The lowest BCUT2D eigenvalue weighted by Crippen LogP contribution is -2.34. The van der Waals surface area contributed by atoms with E-state index in [1.54, 1.807) is 38.5 Å². The highest BCUT2D eigenvalue weighted by molar-refractivity contribution is 6.30. The highest BCUT2D eigenvalue weighted by Gasteiger charge is 2.32. The van der Waals surface area contributed by atoms with Crippen molar-refractivity contribution in [2.45, 2.75) is 18.9 Å². The molecular weight excluding hydrogens is 354 g/mol. The number of hydrogen-bond acceptors (Lipinski definition) is 4. The maximum atomic E-state index is 12.7. The summed E-state index contributed by atoms with van der Waals surface area (Å²) < 4.78 is 16.4. The first-order valence-corrected chi connectivity index (χ1v) is 8.90. The molecule has 0 bridgehead atoms. The van der Waals surface area contributed by atoms with E-state index in [1.165, 1.54) is 0 Å². The van der Waals surface area contributed by atoms with E-state index in [0.29, 0.717) is 17.3 Å². The second-order valence-electron chi connectivity index (χ2n) is 6.10. The molecule has 1 atom stereocenters. The summed E-state index contributed by atoms with van der Waals surface area (Å²) in [5.41, 5.74) is 0.959. The van der Waals surface area contributed by atoms with E-state index in [-0.39, 0.29) is 18.6 Å². The van der Waals surface area contributed by atoms with Crippen LogP contribution in [0.2, 0.25) is 5.02 Å². The fourth-order valence-electron chi connectivity index (χ4n) is 3.27. The van der Waals surface area contributed by atoms with Crippen LogP contribution in [-0.2, 0) is 4.79 Å². The first-order chi connectivity index (χ1) is 12.6. The molecule has 1 aliphatic rings. The van der Waals surface area contributed by atoms with E-state index in [2.05, 4.69) is 0 Å². The van der Waals surface area contributed by atoms with Crippen LogP contribution < -0.4 is 14.2 Å². The molecule has 2 aromatic rings. The second kappa shape index (κ2) is 8.32. The molecule has 5 nitrogen and oxygen atoms in total. The van der Waals surface area contributed by atoms with Gasteiger partial charge in [-0.25, -0.2) is 0 Å². The molecule has 0 aliphatic carbocycles. The molecule has 6 heteroatoms. The van der Waals surface area contributed by atoms with Gasteiger partial charge in [-0.15, -0.1) is 0 Å². The summed E-state index contributed by atoms with van der Waals surface area (Å²) in [4.78, 5) is 14.6. The summed E-state index contributed by atoms with van der Waals surface area (Å²) in [6, 6.07) is 12.7. The smallest absolute Gasteiger partial charge is 0.261 e. The number of carbonyl (C=O) groups excluding carboxylic acids is 1. The fourth-order valence-corrected chi connectivity index (χ4v) is 3.45. The Morgan fingerprint density at radius 1 is 1.15 bits per heavy atom. The first-order valence-electron chi connectivity index (χ1n) is 8.52. The highest BCUT2D eigenvalue weighted by atomic mass is 35.5. The maximum absolute atomic E-state index is 12.7. The van der Waals surface area contributed by atoms with Crippen LogP contribution in [0.4, 0.5) is 0 Å². The molecule has 1 fully saturated rings. The normalized spacial score (nSPS) is 16.4. The lowest BCUT2D eigenvalue weighted by Gasteiger charge is -2.26. The molecule has 0 N–H and O–H groups in total. The molecule has 0 saturated carbocycles. The van der Waals surface area contributed by atoms with E-state index in [9.17, 15) is 4.79 Å². The standard InChI is InChI=1S/C20H22ClNO4/c1-24-15-8-9-19(25-2)17(12-15)18-7-4-10-22(18)20(23)13-26-16-6-3-5-14(21)11-16/h3,5-6,8-9,11-12,18H,4,7,10,13H2,1-2H3/t18-/m0/s1. The molecule has 0 radical (unpaired) electrons. The quantitative estimate of drug-likeness (QED) is 0.762. The predicted molar refractivity (Wildman–Crippen MR) is 100 cm³/mol. The predicted octanol–water partition coefficient (Wildman–Crippen LogP) is 4.10. The van der Waals surface area contributed by atoms with Gasteiger partial charge in [0.1, 0.15) is 17.2 Å². The van der Waals surface area contributed by atoms with Gasteiger partial charge < -0.3 is 19.1 Å². The van der Waals surface area contributed by atoms with Crippen LogP contribution in [0.25, 0.3) is 0 Å². The Labute approximate surface area is 158 Å².